The molecule has 68 valence electrons. The molecular weight excluding hydrogens is 253 g/mol. The Bertz CT molecular complexity index is 125. The van der Waals surface area contributed by atoms with Crippen LogP contribution in [0.3, 0.4) is 0 Å². The van der Waals surface area contributed by atoms with Crippen LogP contribution < -0.4 is 5.73 Å². The van der Waals surface area contributed by atoms with Crippen molar-refractivity contribution in [1.82, 2.24) is 0 Å². The fraction of sp³-hybridized carbons (Fsp3) is 0.750. The van der Waals surface area contributed by atoms with Gasteiger partial charge in [-0.3, -0.25) is 0 Å². The van der Waals surface area contributed by atoms with E-state index in [4.69, 9.17) is 8.80 Å². The van der Waals surface area contributed by atoms with Crippen LogP contribution in [0.2, 0.25) is 0 Å². The number of halogens is 1. The Labute approximate surface area is 77.1 Å². The Morgan fingerprint density at radius 1 is 1.64 bits per heavy atom. The quantitative estimate of drug-likeness (QED) is 0.615. The number of hydrogen-bond donors (Lipinski definition) is 1. The molecule has 0 atom stereocenters. The van der Waals surface area contributed by atoms with Gasteiger partial charge in [-0.1, -0.05) is 0 Å². The number of allylic oxidation sites excluding steroid dienone is 1. The summed E-state index contributed by atoms with van der Waals surface area (Å²) in [6.45, 7) is 5.78. The average molecular weight is 271 g/mol. The fourth-order valence-electron chi connectivity index (χ4n) is 0.641. The van der Waals surface area contributed by atoms with E-state index in [1.165, 1.54) is 3.58 Å². The third-order valence-electron chi connectivity index (χ3n) is 1.28. The van der Waals surface area contributed by atoms with Gasteiger partial charge < -0.3 is 0 Å². The van der Waals surface area contributed by atoms with E-state index < -0.39 is 20.2 Å². The Balaban J connectivity index is 3.69. The molecule has 0 bridgehead atoms. The molecule has 0 aliphatic rings. The Hall–Kier alpha value is 0.390. The molecule has 0 radical (unpaired) electrons. The summed E-state index contributed by atoms with van der Waals surface area (Å²) >= 11 is -1.18. The molecular formula is C8H18INO. The maximum atomic E-state index is 5.55. The van der Waals surface area contributed by atoms with E-state index in [1.807, 2.05) is 6.92 Å². The van der Waals surface area contributed by atoms with Crippen molar-refractivity contribution in [2.45, 2.75) is 20.3 Å². The van der Waals surface area contributed by atoms with Gasteiger partial charge in [0.1, 0.15) is 0 Å². The van der Waals surface area contributed by atoms with Crippen molar-refractivity contribution in [3.8, 4) is 0 Å². The zero-order valence-electron chi connectivity index (χ0n) is 7.56. The molecule has 0 heterocycles. The van der Waals surface area contributed by atoms with Gasteiger partial charge >= 0.3 is 77.0 Å². The molecule has 0 amide bonds. The maximum absolute atomic E-state index is 5.55. The van der Waals surface area contributed by atoms with E-state index in [2.05, 4.69) is 17.9 Å². The monoisotopic (exact) mass is 271 g/mol. The zero-order valence-corrected chi connectivity index (χ0v) is 9.72. The van der Waals surface area contributed by atoms with Crippen LogP contribution in [-0.2, 0) is 3.07 Å². The third kappa shape index (κ3) is 5.64. The number of nitrogens with two attached hydrogens (primary N) is 1. The van der Waals surface area contributed by atoms with E-state index in [9.17, 15) is 0 Å². The second-order valence-electron chi connectivity index (χ2n) is 2.19. The molecule has 0 fully saturated rings. The molecule has 11 heavy (non-hydrogen) atoms. The molecule has 0 unspecified atom stereocenters. The first-order valence-electron chi connectivity index (χ1n) is 3.82. The first-order valence-corrected chi connectivity index (χ1v) is 7.94. The molecule has 0 aromatic heterocycles. The summed E-state index contributed by atoms with van der Waals surface area (Å²) in [4.78, 5) is 2.22. The fourth-order valence-corrected chi connectivity index (χ4v) is 3.00. The van der Waals surface area contributed by atoms with Crippen LogP contribution in [-0.4, -0.2) is 18.1 Å². The van der Waals surface area contributed by atoms with E-state index in [0.29, 0.717) is 0 Å². The van der Waals surface area contributed by atoms with E-state index >= 15 is 0 Å². The molecule has 0 aromatic carbocycles. The van der Waals surface area contributed by atoms with Gasteiger partial charge in [0.15, 0.2) is 0 Å². The summed E-state index contributed by atoms with van der Waals surface area (Å²) in [7, 11) is 0. The first kappa shape index (κ1) is 11.4. The van der Waals surface area contributed by atoms with Gasteiger partial charge in [-0.15, -0.1) is 0 Å². The van der Waals surface area contributed by atoms with Gasteiger partial charge in [0, 0.05) is 0 Å². The zero-order chi connectivity index (χ0) is 8.69. The molecule has 3 heteroatoms. The Morgan fingerprint density at radius 3 is 2.73 bits per heavy atom. The molecule has 2 nitrogen and oxygen atoms in total. The standard InChI is InChI=1S/C8H18INO/c1-4-11-9(3)8(2)6-5-7-10/h6H,4-5,7,10H2,1-3H3/b8-6+. The second kappa shape index (κ2) is 7.06. The SMILES string of the molecule is CCOI(C)/C(C)=C/CCN. The van der Waals surface area contributed by atoms with Crippen molar-refractivity contribution >= 4 is 20.2 Å². The van der Waals surface area contributed by atoms with Crippen LogP contribution in [0.1, 0.15) is 20.3 Å². The van der Waals surface area contributed by atoms with E-state index in [1.54, 1.807) is 0 Å². The summed E-state index contributed by atoms with van der Waals surface area (Å²) in [6.07, 6.45) is 3.20. The Morgan fingerprint density at radius 2 is 2.27 bits per heavy atom. The van der Waals surface area contributed by atoms with Crippen molar-refractivity contribution in [3.63, 3.8) is 0 Å². The average Bonchev–Trinajstić information content (AvgIpc) is 2.00. The summed E-state index contributed by atoms with van der Waals surface area (Å²) in [5.41, 5.74) is 5.38. The summed E-state index contributed by atoms with van der Waals surface area (Å²) < 4.78 is 6.98. The first-order chi connectivity index (χ1) is 5.22. The van der Waals surface area contributed by atoms with Crippen LogP contribution in [0.15, 0.2) is 9.66 Å². The van der Waals surface area contributed by atoms with Gasteiger partial charge in [-0.05, 0) is 0 Å². The molecule has 0 aromatic rings. The van der Waals surface area contributed by atoms with Gasteiger partial charge in [0.2, 0.25) is 0 Å². The number of alkyl halides is 1. The van der Waals surface area contributed by atoms with Gasteiger partial charge in [-0.25, -0.2) is 0 Å². The molecule has 0 saturated heterocycles. The minimum atomic E-state index is -1.18. The normalized spacial score (nSPS) is 13.5. The van der Waals surface area contributed by atoms with E-state index in [0.717, 1.165) is 19.6 Å². The van der Waals surface area contributed by atoms with Crippen LogP contribution in [0.25, 0.3) is 0 Å². The third-order valence-corrected chi connectivity index (χ3v) is 5.68. The molecule has 2 N–H and O–H groups in total. The predicted molar refractivity (Wildman–Crippen MR) is 59.0 cm³/mol. The minimum absolute atomic E-state index is 0.744. The second-order valence-corrected chi connectivity index (χ2v) is 6.91. The molecule has 0 spiro atoms. The summed E-state index contributed by atoms with van der Waals surface area (Å²) in [5.74, 6) is 0. The molecule has 0 aliphatic heterocycles. The number of hydrogen-bond acceptors (Lipinski definition) is 2. The van der Waals surface area contributed by atoms with Crippen LogP contribution in [0.5, 0.6) is 0 Å². The Kier molecular flexibility index (Phi) is 7.31. The van der Waals surface area contributed by atoms with Gasteiger partial charge in [0.25, 0.3) is 0 Å². The molecule has 0 saturated carbocycles. The van der Waals surface area contributed by atoms with Crippen molar-refractivity contribution in [1.29, 1.82) is 0 Å². The van der Waals surface area contributed by atoms with Crippen LogP contribution in [0, 0.1) is 0 Å². The van der Waals surface area contributed by atoms with Crippen LogP contribution >= 0.6 is 20.2 Å². The predicted octanol–water partition coefficient (Wildman–Crippen LogP) is 2.33. The van der Waals surface area contributed by atoms with Crippen molar-refractivity contribution in [2.75, 3.05) is 18.1 Å². The van der Waals surface area contributed by atoms with Gasteiger partial charge in [0.05, 0.1) is 0 Å². The molecule has 0 rings (SSSR count). The topological polar surface area (TPSA) is 35.2 Å². The van der Waals surface area contributed by atoms with Crippen molar-refractivity contribution in [3.05, 3.63) is 9.66 Å². The molecule has 0 aliphatic carbocycles. The summed E-state index contributed by atoms with van der Waals surface area (Å²) in [5, 5.41) is 0. The van der Waals surface area contributed by atoms with Crippen molar-refractivity contribution < 1.29 is 3.07 Å². The summed E-state index contributed by atoms with van der Waals surface area (Å²) in [6, 6.07) is 0. The van der Waals surface area contributed by atoms with Crippen LogP contribution in [0.4, 0.5) is 0 Å². The number of rotatable bonds is 5. The van der Waals surface area contributed by atoms with Crippen molar-refractivity contribution in [2.24, 2.45) is 5.73 Å². The van der Waals surface area contributed by atoms with E-state index in [-0.39, 0.29) is 0 Å². The van der Waals surface area contributed by atoms with Gasteiger partial charge in [-0.2, -0.15) is 0 Å².